The summed E-state index contributed by atoms with van der Waals surface area (Å²) in [5, 5.41) is 0.923. The van der Waals surface area contributed by atoms with Crippen LogP contribution in [0.2, 0.25) is 0 Å². The van der Waals surface area contributed by atoms with Gasteiger partial charge in [0.15, 0.2) is 10.9 Å². The van der Waals surface area contributed by atoms with Crippen molar-refractivity contribution in [3.63, 3.8) is 0 Å². The molecule has 0 aliphatic carbocycles. The van der Waals surface area contributed by atoms with E-state index in [2.05, 4.69) is 18.0 Å². The van der Waals surface area contributed by atoms with Crippen LogP contribution in [-0.4, -0.2) is 21.5 Å². The molecule has 0 saturated heterocycles. The third kappa shape index (κ3) is 2.98. The van der Waals surface area contributed by atoms with Gasteiger partial charge >= 0.3 is 0 Å². The van der Waals surface area contributed by atoms with E-state index >= 15 is 0 Å². The van der Waals surface area contributed by atoms with Crippen LogP contribution in [-0.2, 0) is 19.2 Å². The highest BCUT2D eigenvalue weighted by Gasteiger charge is 2.32. The molecule has 5 nitrogen and oxygen atoms in total. The number of fused-ring (bicyclic) bond motifs is 1. The fourth-order valence-electron chi connectivity index (χ4n) is 3.19. The van der Waals surface area contributed by atoms with E-state index in [1.54, 1.807) is 24.0 Å². The largest absolute Gasteiger partial charge is 0.455 e. The van der Waals surface area contributed by atoms with Crippen molar-refractivity contribution in [2.75, 3.05) is 4.90 Å². The highest BCUT2D eigenvalue weighted by Crippen LogP contribution is 2.33. The number of aromatic nitrogens is 2. The molecule has 0 bridgehead atoms. The van der Waals surface area contributed by atoms with Crippen LogP contribution in [0.3, 0.4) is 0 Å². The van der Waals surface area contributed by atoms with Crippen molar-refractivity contribution in [1.29, 1.82) is 0 Å². The van der Waals surface area contributed by atoms with Gasteiger partial charge in [0.25, 0.3) is 5.91 Å². The third-order valence-corrected chi connectivity index (χ3v) is 5.50. The van der Waals surface area contributed by atoms with Crippen LogP contribution in [0, 0.1) is 0 Å². The number of thioether (sulfide) groups is 1. The Morgan fingerprint density at radius 1 is 1.32 bits per heavy atom. The van der Waals surface area contributed by atoms with Crippen molar-refractivity contribution >= 4 is 23.4 Å². The monoisotopic (exact) mass is 353 g/mol. The van der Waals surface area contributed by atoms with E-state index in [1.165, 1.54) is 5.56 Å². The third-order valence-electron chi connectivity index (χ3n) is 4.42. The average molecular weight is 353 g/mol. The molecular weight excluding hydrogens is 334 g/mol. The quantitative estimate of drug-likeness (QED) is 0.668. The standard InChI is InChI=1S/C19H19N3O2S/c1-13-11-14-5-3-4-6-16(14)22(13)18(23)17-8-7-15(24-17)12-25-19-20-9-10-21(19)2/h3-10,13H,11-12H2,1-2H3. The first-order valence-corrected chi connectivity index (χ1v) is 9.22. The number of nitrogens with zero attached hydrogens (tertiary/aromatic N) is 3. The van der Waals surface area contributed by atoms with Gasteiger partial charge in [-0.3, -0.25) is 4.79 Å². The number of hydrogen-bond donors (Lipinski definition) is 0. The summed E-state index contributed by atoms with van der Waals surface area (Å²) in [6, 6.07) is 11.8. The lowest BCUT2D eigenvalue weighted by atomic mass is 10.1. The highest BCUT2D eigenvalue weighted by atomic mass is 32.2. The van der Waals surface area contributed by atoms with Crippen LogP contribution in [0.15, 0.2) is 58.4 Å². The molecule has 128 valence electrons. The van der Waals surface area contributed by atoms with Gasteiger partial charge in [0.2, 0.25) is 0 Å². The van der Waals surface area contributed by atoms with Crippen molar-refractivity contribution in [1.82, 2.24) is 9.55 Å². The molecule has 1 aliphatic rings. The molecule has 4 rings (SSSR count). The van der Waals surface area contributed by atoms with Gasteiger partial charge in [0.1, 0.15) is 5.76 Å². The first-order chi connectivity index (χ1) is 12.1. The molecule has 1 amide bonds. The lowest BCUT2D eigenvalue weighted by molar-refractivity contribution is 0.0953. The van der Waals surface area contributed by atoms with Gasteiger partial charge in [-0.05, 0) is 37.1 Å². The van der Waals surface area contributed by atoms with E-state index in [0.717, 1.165) is 23.0 Å². The number of rotatable bonds is 4. The van der Waals surface area contributed by atoms with Gasteiger partial charge in [-0.2, -0.15) is 0 Å². The Labute approximate surface area is 150 Å². The van der Waals surface area contributed by atoms with Gasteiger partial charge < -0.3 is 13.9 Å². The molecule has 0 N–H and O–H groups in total. The number of anilines is 1. The Bertz CT molecular complexity index is 915. The maximum atomic E-state index is 12.9. The Balaban J connectivity index is 1.50. The minimum atomic E-state index is -0.0781. The predicted molar refractivity (Wildman–Crippen MR) is 97.9 cm³/mol. The summed E-state index contributed by atoms with van der Waals surface area (Å²) in [5.41, 5.74) is 2.20. The molecule has 1 aromatic carbocycles. The highest BCUT2D eigenvalue weighted by molar-refractivity contribution is 7.98. The Morgan fingerprint density at radius 3 is 2.96 bits per heavy atom. The second-order valence-electron chi connectivity index (χ2n) is 6.23. The average Bonchev–Trinajstić information content (AvgIpc) is 3.30. The topological polar surface area (TPSA) is 51.3 Å². The molecular formula is C19H19N3O2S. The van der Waals surface area contributed by atoms with Crippen molar-refractivity contribution in [3.8, 4) is 0 Å². The van der Waals surface area contributed by atoms with Gasteiger partial charge in [-0.15, -0.1) is 0 Å². The zero-order chi connectivity index (χ0) is 17.4. The van der Waals surface area contributed by atoms with Crippen LogP contribution in [0.5, 0.6) is 0 Å². The number of amides is 1. The number of carbonyl (C=O) groups is 1. The second-order valence-corrected chi connectivity index (χ2v) is 7.17. The molecule has 3 heterocycles. The summed E-state index contributed by atoms with van der Waals surface area (Å²) in [6.45, 7) is 2.07. The van der Waals surface area contributed by atoms with Gasteiger partial charge in [-0.1, -0.05) is 30.0 Å². The van der Waals surface area contributed by atoms with Gasteiger partial charge in [0.05, 0.1) is 5.75 Å². The molecule has 3 aromatic rings. The summed E-state index contributed by atoms with van der Waals surface area (Å²) in [6.07, 6.45) is 4.56. The maximum Gasteiger partial charge on any atom is 0.294 e. The van der Waals surface area contributed by atoms with Crippen molar-refractivity contribution < 1.29 is 9.21 Å². The minimum Gasteiger partial charge on any atom is -0.455 e. The summed E-state index contributed by atoms with van der Waals surface area (Å²) in [5.74, 6) is 1.73. The van der Waals surface area contributed by atoms with Crippen LogP contribution in [0.25, 0.3) is 0 Å². The summed E-state index contributed by atoms with van der Waals surface area (Å²) in [4.78, 5) is 19.0. The van der Waals surface area contributed by atoms with E-state index in [0.29, 0.717) is 11.5 Å². The van der Waals surface area contributed by atoms with Crippen LogP contribution in [0.1, 0.15) is 28.8 Å². The van der Waals surface area contributed by atoms with Crippen molar-refractivity contribution in [2.45, 2.75) is 30.3 Å². The number of furan rings is 1. The Kier molecular flexibility index (Phi) is 4.13. The molecule has 2 aromatic heterocycles. The maximum absolute atomic E-state index is 12.9. The van der Waals surface area contributed by atoms with E-state index in [-0.39, 0.29) is 11.9 Å². The molecule has 6 heteroatoms. The normalized spacial score (nSPS) is 16.2. The first-order valence-electron chi connectivity index (χ1n) is 8.24. The number of benzene rings is 1. The molecule has 1 aliphatic heterocycles. The number of hydrogen-bond acceptors (Lipinski definition) is 4. The van der Waals surface area contributed by atoms with E-state index < -0.39 is 0 Å². The van der Waals surface area contributed by atoms with Crippen LogP contribution < -0.4 is 4.90 Å². The molecule has 25 heavy (non-hydrogen) atoms. The smallest absolute Gasteiger partial charge is 0.294 e. The number of aryl methyl sites for hydroxylation is 1. The fraction of sp³-hybridized carbons (Fsp3) is 0.263. The summed E-state index contributed by atoms with van der Waals surface area (Å²) < 4.78 is 7.77. The second kappa shape index (κ2) is 6.44. The zero-order valence-corrected chi connectivity index (χ0v) is 15.0. The molecule has 0 spiro atoms. The van der Waals surface area contributed by atoms with E-state index in [4.69, 9.17) is 4.42 Å². The predicted octanol–water partition coefficient (Wildman–Crippen LogP) is 3.90. The summed E-state index contributed by atoms with van der Waals surface area (Å²) >= 11 is 1.59. The van der Waals surface area contributed by atoms with Crippen molar-refractivity contribution in [2.24, 2.45) is 7.05 Å². The summed E-state index contributed by atoms with van der Waals surface area (Å²) in [7, 11) is 1.96. The van der Waals surface area contributed by atoms with Gasteiger partial charge in [-0.25, -0.2) is 4.98 Å². The number of carbonyl (C=O) groups excluding carboxylic acids is 1. The molecule has 0 radical (unpaired) electrons. The zero-order valence-electron chi connectivity index (χ0n) is 14.2. The van der Waals surface area contributed by atoms with Crippen LogP contribution in [0.4, 0.5) is 5.69 Å². The van der Waals surface area contributed by atoms with Gasteiger partial charge in [0, 0.05) is 31.2 Å². The fourth-order valence-corrected chi connectivity index (χ4v) is 4.02. The van der Waals surface area contributed by atoms with Crippen molar-refractivity contribution in [3.05, 3.63) is 65.9 Å². The molecule has 0 fully saturated rings. The number of imidazole rings is 1. The van der Waals surface area contributed by atoms with Crippen LogP contribution >= 0.6 is 11.8 Å². The molecule has 1 unspecified atom stereocenters. The van der Waals surface area contributed by atoms with E-state index in [9.17, 15) is 4.79 Å². The Hall–Kier alpha value is -2.47. The lowest BCUT2D eigenvalue weighted by Crippen LogP contribution is -2.35. The minimum absolute atomic E-state index is 0.0781. The SMILES string of the molecule is CC1Cc2ccccc2N1C(=O)c1ccc(CSc2nccn2C)o1. The molecule has 1 atom stereocenters. The number of para-hydroxylation sites is 1. The van der Waals surface area contributed by atoms with E-state index in [1.807, 2.05) is 47.0 Å². The first kappa shape index (κ1) is 16.0. The Morgan fingerprint density at radius 2 is 2.16 bits per heavy atom. The lowest BCUT2D eigenvalue weighted by Gasteiger charge is -2.21. The molecule has 0 saturated carbocycles.